The number of esters is 1. The highest BCUT2D eigenvalue weighted by Gasteiger charge is 2.27. The third kappa shape index (κ3) is 9.79. The highest BCUT2D eigenvalue weighted by atomic mass is 35.5. The second kappa shape index (κ2) is 17.8. The molecule has 0 saturated carbocycles. The molecule has 0 unspecified atom stereocenters. The number of azo groups is 1. The van der Waals surface area contributed by atoms with Crippen LogP contribution in [0, 0.1) is 5.41 Å². The van der Waals surface area contributed by atoms with Crippen LogP contribution in [0.1, 0.15) is 27.2 Å². The number of rotatable bonds is 17. The predicted molar refractivity (Wildman–Crippen MR) is 194 cm³/mol. The molecule has 54 heavy (non-hydrogen) atoms. The van der Waals surface area contributed by atoms with E-state index in [1.54, 1.807) is 38.1 Å². The number of benzene rings is 4. The molecule has 1 heterocycles. The van der Waals surface area contributed by atoms with Gasteiger partial charge in [0.15, 0.2) is 5.75 Å². The summed E-state index contributed by atoms with van der Waals surface area (Å²) in [6.45, 7) is 5.05. The van der Waals surface area contributed by atoms with Gasteiger partial charge < -0.3 is 19.9 Å². The number of aromatic hydroxyl groups is 1. The minimum Gasteiger partial charge on any atom is -0.505 e. The second-order valence-corrected chi connectivity index (χ2v) is 14.7. The van der Waals surface area contributed by atoms with Gasteiger partial charge in [0.1, 0.15) is 24.6 Å². The fourth-order valence-corrected chi connectivity index (χ4v) is 6.41. The van der Waals surface area contributed by atoms with Crippen molar-refractivity contribution in [3.8, 4) is 11.8 Å². The van der Waals surface area contributed by atoms with Crippen LogP contribution in [0.5, 0.6) is 11.8 Å². The Labute approximate surface area is 319 Å². The van der Waals surface area contributed by atoms with Crippen molar-refractivity contribution in [1.82, 2.24) is 15.0 Å². The van der Waals surface area contributed by atoms with E-state index in [0.29, 0.717) is 40.8 Å². The first-order valence-electron chi connectivity index (χ1n) is 15.3. The minimum absolute atomic E-state index is 0.00277. The Morgan fingerprint density at radius 1 is 0.963 bits per heavy atom. The highest BCUT2D eigenvalue weighted by molar-refractivity contribution is 7.95. The summed E-state index contributed by atoms with van der Waals surface area (Å²) in [5.74, 6) is -1.32. The second-order valence-electron chi connectivity index (χ2n) is 11.5. The lowest BCUT2D eigenvalue weighted by Gasteiger charge is -2.20. The van der Waals surface area contributed by atoms with E-state index in [1.807, 2.05) is 19.1 Å². The molecule has 19 nitrogen and oxygen atoms in total. The standard InChI is InChI=1S/C31H29ClN6O13S3/c1-4-31(2,3)27(40)46-11-12-47-30-35-28(32)34-29(36-30)33-21-15-18(54(43,44)45)13-17-14-22(52-50-48-41)24(25(39)23(17)21)38-37-20-10-9-16-7-5-6-8-19(16)26(20)53-51-49-42/h5-10,13-15,39,41-42H,4,11-12H2,1-3H3,(H,43,44,45)(H,33,34,35,36). The number of aromatic nitrogens is 3. The van der Waals surface area contributed by atoms with Crippen LogP contribution < -0.4 is 10.1 Å². The predicted octanol–water partition coefficient (Wildman–Crippen LogP) is 8.16. The maximum atomic E-state index is 12.3. The molecule has 0 saturated heterocycles. The smallest absolute Gasteiger partial charge is 0.322 e. The Bertz CT molecular complexity index is 2320. The summed E-state index contributed by atoms with van der Waals surface area (Å²) in [7, 11) is -4.84. The summed E-state index contributed by atoms with van der Waals surface area (Å²) in [4.78, 5) is 24.0. The molecule has 0 radical (unpaired) electrons. The molecule has 1 aromatic heterocycles. The van der Waals surface area contributed by atoms with Crippen molar-refractivity contribution in [2.75, 3.05) is 18.5 Å². The number of carbonyl (C=O) groups is 1. The molecule has 0 aliphatic rings. The molecule has 286 valence electrons. The van der Waals surface area contributed by atoms with E-state index < -0.39 is 32.1 Å². The van der Waals surface area contributed by atoms with Crippen LogP contribution >= 0.6 is 35.7 Å². The first-order valence-corrected chi connectivity index (χ1v) is 18.6. The van der Waals surface area contributed by atoms with Crippen molar-refractivity contribution in [2.24, 2.45) is 15.6 Å². The van der Waals surface area contributed by atoms with E-state index in [0.717, 1.165) is 17.5 Å². The number of anilines is 2. The van der Waals surface area contributed by atoms with E-state index in [2.05, 4.69) is 49.2 Å². The number of fused-ring (bicyclic) bond motifs is 2. The molecule has 0 fully saturated rings. The van der Waals surface area contributed by atoms with Gasteiger partial charge in [-0.2, -0.15) is 23.4 Å². The Hall–Kier alpha value is -4.46. The van der Waals surface area contributed by atoms with Gasteiger partial charge in [0, 0.05) is 5.39 Å². The maximum Gasteiger partial charge on any atom is 0.322 e. The van der Waals surface area contributed by atoms with Crippen molar-refractivity contribution >= 4 is 96.3 Å². The fraction of sp³-hybridized carbons (Fsp3) is 0.226. The van der Waals surface area contributed by atoms with Gasteiger partial charge in [0.05, 0.1) is 49.9 Å². The third-order valence-electron chi connectivity index (χ3n) is 7.66. The van der Waals surface area contributed by atoms with E-state index in [9.17, 15) is 22.9 Å². The van der Waals surface area contributed by atoms with Crippen molar-refractivity contribution in [3.63, 3.8) is 0 Å². The van der Waals surface area contributed by atoms with Crippen molar-refractivity contribution in [3.05, 3.63) is 59.9 Å². The van der Waals surface area contributed by atoms with E-state index in [4.69, 9.17) is 31.6 Å². The van der Waals surface area contributed by atoms with Gasteiger partial charge in [0.2, 0.25) is 11.2 Å². The molecule has 5 N–H and O–H groups in total. The lowest BCUT2D eigenvalue weighted by atomic mass is 9.91. The Balaban J connectivity index is 1.57. The van der Waals surface area contributed by atoms with Gasteiger partial charge in [-0.25, -0.2) is 10.5 Å². The number of nitrogens with one attached hydrogen (secondary N) is 1. The molecular formula is C31H29ClN6O13S3. The topological polar surface area (TPSA) is 263 Å². The SMILES string of the molecule is CCC(C)(C)C(=O)OCCOc1nc(Cl)nc(Nc2cc(S(=O)(=O)O)cc3cc(SOOO)c(N=Nc4ccc5ccccc5c4SOOO)c(O)c23)n1. The normalized spacial score (nSPS) is 12.1. The van der Waals surface area contributed by atoms with Gasteiger partial charge >= 0.3 is 12.0 Å². The zero-order valence-electron chi connectivity index (χ0n) is 28.1. The van der Waals surface area contributed by atoms with Gasteiger partial charge in [-0.05, 0) is 72.3 Å². The number of carbonyl (C=O) groups excluding carboxylic acids is 1. The van der Waals surface area contributed by atoms with Crippen LogP contribution in [-0.2, 0) is 38.4 Å². The molecule has 5 aromatic rings. The number of hydrogen-bond acceptors (Lipinski definition) is 20. The van der Waals surface area contributed by atoms with Gasteiger partial charge in [0.25, 0.3) is 10.1 Å². The van der Waals surface area contributed by atoms with E-state index in [-0.39, 0.29) is 63.2 Å². The Morgan fingerprint density at radius 3 is 2.43 bits per heavy atom. The largest absolute Gasteiger partial charge is 0.505 e. The average molecular weight is 825 g/mol. The minimum atomic E-state index is -4.84. The maximum absolute atomic E-state index is 12.3. The summed E-state index contributed by atoms with van der Waals surface area (Å²) in [5.41, 5.74) is -0.942. The number of nitrogens with zero attached hydrogens (tertiary/aromatic N) is 5. The summed E-state index contributed by atoms with van der Waals surface area (Å²) >= 11 is 7.13. The van der Waals surface area contributed by atoms with Crippen molar-refractivity contribution in [2.45, 2.75) is 41.9 Å². The van der Waals surface area contributed by atoms with E-state index >= 15 is 0 Å². The lowest BCUT2D eigenvalue weighted by Crippen LogP contribution is -2.27. The van der Waals surface area contributed by atoms with Crippen LogP contribution in [-0.4, -0.2) is 62.7 Å². The number of halogens is 1. The first-order chi connectivity index (χ1) is 25.7. The Kier molecular flexibility index (Phi) is 13.4. The summed E-state index contributed by atoms with van der Waals surface area (Å²) < 4.78 is 54.7. The number of ether oxygens (including phenoxy) is 2. The van der Waals surface area contributed by atoms with Crippen LogP contribution in [0.25, 0.3) is 21.5 Å². The number of phenols is 1. The Morgan fingerprint density at radius 2 is 1.70 bits per heavy atom. The quantitative estimate of drug-likeness (QED) is 0.0113. The molecule has 5 rings (SSSR count). The van der Waals surface area contributed by atoms with Crippen molar-refractivity contribution in [1.29, 1.82) is 0 Å². The molecule has 23 heteroatoms. The average Bonchev–Trinajstić information content (AvgIpc) is 3.13. The summed E-state index contributed by atoms with van der Waals surface area (Å²) in [6, 6.07) is 13.5. The highest BCUT2D eigenvalue weighted by Crippen LogP contribution is 2.48. The van der Waals surface area contributed by atoms with Crippen LogP contribution in [0.3, 0.4) is 0 Å². The molecule has 0 spiro atoms. The van der Waals surface area contributed by atoms with Crippen molar-refractivity contribution < 1.29 is 61.6 Å². The molecular weight excluding hydrogens is 796 g/mol. The zero-order chi connectivity index (χ0) is 39.0. The van der Waals surface area contributed by atoms with Gasteiger partial charge in [-0.3, -0.25) is 9.35 Å². The fourth-order valence-electron chi connectivity index (χ4n) is 4.65. The summed E-state index contributed by atoms with van der Waals surface area (Å²) in [6.07, 6.45) is 0.560. The monoisotopic (exact) mass is 824 g/mol. The zero-order valence-corrected chi connectivity index (χ0v) is 31.3. The first kappa shape index (κ1) is 40.7. The molecule has 0 bridgehead atoms. The number of phenolic OH excluding ortho intramolecular Hbond substituents is 1. The van der Waals surface area contributed by atoms with Crippen LogP contribution in [0.4, 0.5) is 23.0 Å². The van der Waals surface area contributed by atoms with Gasteiger partial charge in [-0.1, -0.05) is 47.3 Å². The van der Waals surface area contributed by atoms with E-state index in [1.165, 1.54) is 6.07 Å². The molecule has 0 aliphatic heterocycles. The lowest BCUT2D eigenvalue weighted by molar-refractivity contribution is -0.432. The van der Waals surface area contributed by atoms with Crippen LogP contribution in [0.2, 0.25) is 5.28 Å². The summed E-state index contributed by atoms with van der Waals surface area (Å²) in [5, 5.41) is 49.2. The molecule has 4 aromatic carbocycles. The molecule has 0 atom stereocenters. The molecule has 0 amide bonds. The van der Waals surface area contributed by atoms with Gasteiger partial charge in [-0.15, -0.1) is 18.9 Å². The third-order valence-corrected chi connectivity index (χ3v) is 10.0. The number of hydrogen-bond donors (Lipinski definition) is 5. The van der Waals surface area contributed by atoms with Crippen LogP contribution in [0.15, 0.2) is 79.5 Å². The molecule has 0 aliphatic carbocycles.